The first-order valence-electron chi connectivity index (χ1n) is 10.7. The molecule has 4 rings (SSSR count). The fourth-order valence-electron chi connectivity index (χ4n) is 3.67. The van der Waals surface area contributed by atoms with Crippen molar-refractivity contribution in [3.63, 3.8) is 0 Å². The number of benzene rings is 1. The number of carbonyl (C=O) groups excluding carboxylic acids is 1. The van der Waals surface area contributed by atoms with Gasteiger partial charge in [-0.1, -0.05) is 18.2 Å². The van der Waals surface area contributed by atoms with Gasteiger partial charge in [0.2, 0.25) is 5.95 Å². The minimum absolute atomic E-state index is 0.109. The average molecular weight is 450 g/mol. The van der Waals surface area contributed by atoms with Crippen LogP contribution in [0.5, 0.6) is 0 Å². The number of carbonyl (C=O) groups is 2. The number of aryl methyl sites for hydroxylation is 1. The Morgan fingerprint density at radius 3 is 2.61 bits per heavy atom. The highest BCUT2D eigenvalue weighted by molar-refractivity contribution is 5.90. The first kappa shape index (κ1) is 22.3. The van der Waals surface area contributed by atoms with Crippen molar-refractivity contribution in [2.24, 2.45) is 0 Å². The van der Waals surface area contributed by atoms with E-state index in [9.17, 15) is 14.7 Å². The van der Waals surface area contributed by atoms with Gasteiger partial charge in [-0.05, 0) is 51.3 Å². The molecule has 0 fully saturated rings. The van der Waals surface area contributed by atoms with E-state index >= 15 is 0 Å². The lowest BCUT2D eigenvalue weighted by molar-refractivity contribution is 0.0525. The third-order valence-electron chi connectivity index (χ3n) is 5.01. The molecule has 33 heavy (non-hydrogen) atoms. The Kier molecular flexibility index (Phi) is 5.99. The van der Waals surface area contributed by atoms with Crippen LogP contribution in [0, 0.1) is 0 Å². The number of fused-ring (bicyclic) bond motifs is 3. The van der Waals surface area contributed by atoms with Gasteiger partial charge in [0.05, 0.1) is 12.2 Å². The van der Waals surface area contributed by atoms with Crippen LogP contribution < -0.4 is 10.6 Å². The summed E-state index contributed by atoms with van der Waals surface area (Å²) in [4.78, 5) is 33.0. The summed E-state index contributed by atoms with van der Waals surface area (Å²) in [7, 11) is 0. The highest BCUT2D eigenvalue weighted by atomic mass is 16.6. The highest BCUT2D eigenvalue weighted by Crippen LogP contribution is 2.34. The summed E-state index contributed by atoms with van der Waals surface area (Å²) in [6, 6.07) is 9.55. The minimum Gasteiger partial charge on any atom is -0.477 e. The van der Waals surface area contributed by atoms with E-state index in [-0.39, 0.29) is 18.8 Å². The van der Waals surface area contributed by atoms with Gasteiger partial charge in [0.1, 0.15) is 17.0 Å². The minimum atomic E-state index is -1.07. The van der Waals surface area contributed by atoms with Crippen LogP contribution in [0.15, 0.2) is 36.5 Å². The van der Waals surface area contributed by atoms with E-state index in [1.54, 1.807) is 27.0 Å². The number of carboxylic acid groups (broad SMARTS) is 1. The molecular formula is C23H26N6O4. The van der Waals surface area contributed by atoms with Gasteiger partial charge in [-0.3, -0.25) is 4.68 Å². The van der Waals surface area contributed by atoms with E-state index in [1.807, 2.05) is 30.3 Å². The molecule has 1 aliphatic carbocycles. The lowest BCUT2D eigenvalue weighted by Crippen LogP contribution is -2.34. The number of hydrogen-bond donors (Lipinski definition) is 3. The Hall–Kier alpha value is -3.95. The molecule has 0 bridgehead atoms. The molecule has 10 nitrogen and oxygen atoms in total. The number of amides is 1. The van der Waals surface area contributed by atoms with Crippen LogP contribution in [0.25, 0.3) is 11.4 Å². The number of carboxylic acids is 1. The number of aromatic nitrogens is 4. The van der Waals surface area contributed by atoms with Crippen LogP contribution in [-0.4, -0.2) is 49.1 Å². The fourth-order valence-corrected chi connectivity index (χ4v) is 3.67. The standard InChI is InChI=1S/C23H26N6O4/c1-23(2,3)33-22(32)24-11-12-29-19(20(30)31)16-10-9-14-13-25-21(27-17(14)18(16)28-29)26-15-7-5-4-6-8-15/h4-8,13H,9-12H2,1-3H3,(H,24,32)(H,30,31)(H,25,26,27). The normalized spacial score (nSPS) is 12.5. The van der Waals surface area contributed by atoms with E-state index in [1.165, 1.54) is 4.68 Å². The number of nitrogens with zero attached hydrogens (tertiary/aromatic N) is 4. The maximum absolute atomic E-state index is 12.0. The Morgan fingerprint density at radius 1 is 1.15 bits per heavy atom. The molecule has 1 aliphatic rings. The maximum atomic E-state index is 12.0. The molecule has 0 saturated carbocycles. The first-order valence-corrected chi connectivity index (χ1v) is 10.7. The summed E-state index contributed by atoms with van der Waals surface area (Å²) in [5, 5.41) is 20.2. The van der Waals surface area contributed by atoms with E-state index < -0.39 is 17.7 Å². The zero-order valence-electron chi connectivity index (χ0n) is 18.8. The summed E-state index contributed by atoms with van der Waals surface area (Å²) >= 11 is 0. The monoisotopic (exact) mass is 450 g/mol. The third-order valence-corrected chi connectivity index (χ3v) is 5.01. The molecule has 1 amide bonds. The number of rotatable bonds is 6. The van der Waals surface area contributed by atoms with Crippen molar-refractivity contribution in [1.29, 1.82) is 0 Å². The largest absolute Gasteiger partial charge is 0.477 e. The van der Waals surface area contributed by atoms with Crippen molar-refractivity contribution in [3.8, 4) is 11.4 Å². The number of para-hydroxylation sites is 1. The summed E-state index contributed by atoms with van der Waals surface area (Å²) < 4.78 is 6.63. The molecule has 3 aromatic rings. The highest BCUT2D eigenvalue weighted by Gasteiger charge is 2.29. The van der Waals surface area contributed by atoms with Gasteiger partial charge < -0.3 is 20.5 Å². The van der Waals surface area contributed by atoms with E-state index in [4.69, 9.17) is 4.74 Å². The van der Waals surface area contributed by atoms with Gasteiger partial charge >= 0.3 is 12.1 Å². The van der Waals surface area contributed by atoms with E-state index in [0.717, 1.165) is 11.3 Å². The molecule has 0 atom stereocenters. The molecule has 0 aliphatic heterocycles. The zero-order valence-corrected chi connectivity index (χ0v) is 18.8. The number of hydrogen-bond acceptors (Lipinski definition) is 7. The third kappa shape index (κ3) is 5.11. The van der Waals surface area contributed by atoms with Crippen LogP contribution >= 0.6 is 0 Å². The van der Waals surface area contributed by atoms with Gasteiger partial charge in [-0.2, -0.15) is 5.10 Å². The van der Waals surface area contributed by atoms with Crippen LogP contribution in [0.1, 0.15) is 42.4 Å². The predicted molar refractivity (Wildman–Crippen MR) is 122 cm³/mol. The number of ether oxygens (including phenoxy) is 1. The SMILES string of the molecule is CC(C)(C)OC(=O)NCCn1nc2c(c1C(=O)O)CCc1cnc(Nc3ccccc3)nc1-2. The number of anilines is 2. The number of alkyl carbamates (subject to hydrolysis) is 1. The molecule has 0 radical (unpaired) electrons. The zero-order chi connectivity index (χ0) is 23.6. The van der Waals surface area contributed by atoms with Crippen LogP contribution in [0.2, 0.25) is 0 Å². The lowest BCUT2D eigenvalue weighted by atomic mass is 9.93. The summed E-state index contributed by atoms with van der Waals surface area (Å²) in [6.45, 7) is 5.68. The lowest BCUT2D eigenvalue weighted by Gasteiger charge is -2.19. The van der Waals surface area contributed by atoms with Crippen molar-refractivity contribution in [2.45, 2.75) is 45.8 Å². The van der Waals surface area contributed by atoms with E-state index in [2.05, 4.69) is 25.7 Å². The molecule has 2 aromatic heterocycles. The van der Waals surface area contributed by atoms with Crippen molar-refractivity contribution in [2.75, 3.05) is 11.9 Å². The molecule has 3 N–H and O–H groups in total. The average Bonchev–Trinajstić information content (AvgIpc) is 3.12. The Labute approximate surface area is 191 Å². The smallest absolute Gasteiger partial charge is 0.407 e. The molecule has 172 valence electrons. The molecule has 2 heterocycles. The second kappa shape index (κ2) is 8.89. The van der Waals surface area contributed by atoms with Gasteiger partial charge in [-0.25, -0.2) is 19.6 Å². The van der Waals surface area contributed by atoms with Crippen molar-refractivity contribution in [1.82, 2.24) is 25.1 Å². The molecular weight excluding hydrogens is 424 g/mol. The Balaban J connectivity index is 1.58. The second-order valence-electron chi connectivity index (χ2n) is 8.69. The van der Waals surface area contributed by atoms with Crippen molar-refractivity contribution >= 4 is 23.7 Å². The molecule has 0 unspecified atom stereocenters. The molecule has 1 aromatic carbocycles. The van der Waals surface area contributed by atoms with Crippen LogP contribution in [-0.2, 0) is 24.1 Å². The first-order chi connectivity index (χ1) is 15.7. The van der Waals surface area contributed by atoms with Crippen LogP contribution in [0.4, 0.5) is 16.4 Å². The number of nitrogens with one attached hydrogen (secondary N) is 2. The Bertz CT molecular complexity index is 1180. The Morgan fingerprint density at radius 2 is 1.91 bits per heavy atom. The van der Waals surface area contributed by atoms with Gasteiger partial charge in [0.25, 0.3) is 0 Å². The summed E-state index contributed by atoms with van der Waals surface area (Å²) in [5.41, 5.74) is 3.04. The molecule has 0 spiro atoms. The van der Waals surface area contributed by atoms with Crippen molar-refractivity contribution in [3.05, 3.63) is 53.3 Å². The second-order valence-corrected chi connectivity index (χ2v) is 8.69. The van der Waals surface area contributed by atoms with E-state index in [0.29, 0.717) is 35.7 Å². The number of aromatic carboxylic acids is 1. The van der Waals surface area contributed by atoms with Crippen LogP contribution in [0.3, 0.4) is 0 Å². The summed E-state index contributed by atoms with van der Waals surface area (Å²) in [6.07, 6.45) is 2.33. The maximum Gasteiger partial charge on any atom is 0.407 e. The predicted octanol–water partition coefficient (Wildman–Crippen LogP) is 3.41. The van der Waals surface area contributed by atoms with Gasteiger partial charge in [-0.15, -0.1) is 0 Å². The van der Waals surface area contributed by atoms with Gasteiger partial charge in [0.15, 0.2) is 0 Å². The fraction of sp³-hybridized carbons (Fsp3) is 0.348. The quantitative estimate of drug-likeness (QED) is 0.521. The summed E-state index contributed by atoms with van der Waals surface area (Å²) in [5.74, 6) is -0.660. The topological polar surface area (TPSA) is 131 Å². The molecule has 10 heteroatoms. The van der Waals surface area contributed by atoms with Crippen molar-refractivity contribution < 1.29 is 19.4 Å². The van der Waals surface area contributed by atoms with Gasteiger partial charge in [0, 0.05) is 24.0 Å². The molecule has 0 saturated heterocycles.